The van der Waals surface area contributed by atoms with Crippen molar-refractivity contribution < 1.29 is 0 Å². The monoisotopic (exact) mass is 386 g/mol. The highest BCUT2D eigenvalue weighted by Gasteiger charge is 2.08. The number of nitrogens with zero attached hydrogens (tertiary/aromatic N) is 2. The van der Waals surface area contributed by atoms with Crippen LogP contribution in [0, 0.1) is 0 Å². The largest absolute Gasteiger partial charge is 0.251 e. The smallest absolute Gasteiger partial charge is 0.0819 e. The molecule has 1 heterocycles. The molecule has 3 rings (SSSR count). The third-order valence-electron chi connectivity index (χ3n) is 3.60. The third-order valence-corrected chi connectivity index (χ3v) is 5.54. The Labute approximate surface area is 161 Å². The number of hydrogen-bond acceptors (Lipinski definition) is 3. The van der Waals surface area contributed by atoms with Crippen LogP contribution in [0.4, 0.5) is 11.4 Å². The zero-order valence-corrected chi connectivity index (χ0v) is 16.2. The van der Waals surface area contributed by atoms with Crippen LogP contribution in [0.1, 0.15) is 23.6 Å². The van der Waals surface area contributed by atoms with Gasteiger partial charge in [-0.3, -0.25) is 9.98 Å². The second-order valence-corrected chi connectivity index (χ2v) is 7.36. The van der Waals surface area contributed by atoms with Gasteiger partial charge in [0, 0.05) is 9.75 Å². The Kier molecular flexibility index (Phi) is 5.69. The van der Waals surface area contributed by atoms with Crippen LogP contribution in [0.2, 0.25) is 10.0 Å². The van der Waals surface area contributed by atoms with Crippen molar-refractivity contribution in [1.82, 2.24) is 0 Å². The summed E-state index contributed by atoms with van der Waals surface area (Å²) >= 11 is 14.0. The standard InChI is InChI=1S/C20H16Cl2N2S/c1-13(23-17-9-5-3-7-15(17)21)19-11-12-20(25-19)14(2)24-18-10-6-4-8-16(18)22/h3-12H,1-2H3. The topological polar surface area (TPSA) is 24.7 Å². The summed E-state index contributed by atoms with van der Waals surface area (Å²) in [6.07, 6.45) is 0. The minimum absolute atomic E-state index is 0.648. The molecule has 0 saturated heterocycles. The molecule has 0 aliphatic heterocycles. The first-order chi connectivity index (χ1) is 12.0. The van der Waals surface area contributed by atoms with Crippen molar-refractivity contribution in [3.05, 3.63) is 80.5 Å². The highest BCUT2D eigenvalue weighted by Crippen LogP contribution is 2.28. The lowest BCUT2D eigenvalue weighted by Gasteiger charge is -2.01. The van der Waals surface area contributed by atoms with Crippen LogP contribution in [-0.2, 0) is 0 Å². The molecule has 0 radical (unpaired) electrons. The molecule has 0 amide bonds. The van der Waals surface area contributed by atoms with Crippen LogP contribution in [-0.4, -0.2) is 11.4 Å². The quantitative estimate of drug-likeness (QED) is 0.419. The first kappa shape index (κ1) is 17.9. The predicted octanol–water partition coefficient (Wildman–Crippen LogP) is 7.34. The molecule has 2 nitrogen and oxygen atoms in total. The van der Waals surface area contributed by atoms with E-state index in [2.05, 4.69) is 22.1 Å². The number of benzene rings is 2. The molecule has 2 aromatic carbocycles. The van der Waals surface area contributed by atoms with Gasteiger partial charge in [-0.05, 0) is 50.2 Å². The van der Waals surface area contributed by atoms with Crippen LogP contribution in [0.5, 0.6) is 0 Å². The Bertz CT molecular complexity index is 882. The zero-order valence-electron chi connectivity index (χ0n) is 13.8. The van der Waals surface area contributed by atoms with E-state index >= 15 is 0 Å². The Morgan fingerprint density at radius 1 is 0.680 bits per heavy atom. The second kappa shape index (κ2) is 7.96. The van der Waals surface area contributed by atoms with Gasteiger partial charge in [-0.2, -0.15) is 0 Å². The molecule has 0 unspecified atom stereocenters. The molecule has 1 aromatic heterocycles. The molecular weight excluding hydrogens is 371 g/mol. The maximum absolute atomic E-state index is 6.18. The molecule has 0 aliphatic carbocycles. The molecule has 0 aliphatic rings. The van der Waals surface area contributed by atoms with E-state index < -0.39 is 0 Å². The number of hydrogen-bond donors (Lipinski definition) is 0. The Morgan fingerprint density at radius 2 is 1.08 bits per heavy atom. The van der Waals surface area contributed by atoms with Gasteiger partial charge in [0.25, 0.3) is 0 Å². The van der Waals surface area contributed by atoms with Crippen LogP contribution in [0.3, 0.4) is 0 Å². The van der Waals surface area contributed by atoms with Gasteiger partial charge in [0.1, 0.15) is 0 Å². The van der Waals surface area contributed by atoms with Gasteiger partial charge in [0.05, 0.1) is 32.8 Å². The molecule has 126 valence electrons. The number of aliphatic imine (C=N–C) groups is 2. The fourth-order valence-electron chi connectivity index (χ4n) is 2.28. The summed E-state index contributed by atoms with van der Waals surface area (Å²) in [6.45, 7) is 3.97. The lowest BCUT2D eigenvalue weighted by atomic mass is 10.2. The van der Waals surface area contributed by atoms with E-state index in [1.54, 1.807) is 11.3 Å². The summed E-state index contributed by atoms with van der Waals surface area (Å²) < 4.78 is 0. The minimum Gasteiger partial charge on any atom is -0.251 e. The summed E-state index contributed by atoms with van der Waals surface area (Å²) in [5.41, 5.74) is 3.40. The molecule has 25 heavy (non-hydrogen) atoms. The van der Waals surface area contributed by atoms with Crippen LogP contribution >= 0.6 is 34.5 Å². The SMILES string of the molecule is CC(=Nc1ccccc1Cl)c1ccc(C(C)=Nc2ccccc2Cl)s1. The first-order valence-corrected chi connectivity index (χ1v) is 9.32. The summed E-state index contributed by atoms with van der Waals surface area (Å²) in [7, 11) is 0. The van der Waals surface area contributed by atoms with E-state index in [-0.39, 0.29) is 0 Å². The van der Waals surface area contributed by atoms with E-state index in [0.717, 1.165) is 32.6 Å². The van der Waals surface area contributed by atoms with E-state index in [4.69, 9.17) is 23.2 Å². The molecular formula is C20H16Cl2N2S. The van der Waals surface area contributed by atoms with Gasteiger partial charge >= 0.3 is 0 Å². The van der Waals surface area contributed by atoms with Crippen LogP contribution < -0.4 is 0 Å². The number of rotatable bonds is 4. The van der Waals surface area contributed by atoms with Crippen molar-refractivity contribution in [2.24, 2.45) is 9.98 Å². The molecule has 0 saturated carbocycles. The normalized spacial score (nSPS) is 12.5. The van der Waals surface area contributed by atoms with E-state index in [1.165, 1.54) is 0 Å². The summed E-state index contributed by atoms with van der Waals surface area (Å²) in [6, 6.07) is 19.3. The summed E-state index contributed by atoms with van der Waals surface area (Å²) in [5.74, 6) is 0. The number of halogens is 2. The Hall–Kier alpha value is -1.94. The van der Waals surface area contributed by atoms with Crippen molar-refractivity contribution in [3.63, 3.8) is 0 Å². The Morgan fingerprint density at radius 3 is 1.48 bits per heavy atom. The van der Waals surface area contributed by atoms with Crippen LogP contribution in [0.25, 0.3) is 0 Å². The van der Waals surface area contributed by atoms with Crippen molar-refractivity contribution in [1.29, 1.82) is 0 Å². The lowest BCUT2D eigenvalue weighted by molar-refractivity contribution is 1.49. The van der Waals surface area contributed by atoms with Gasteiger partial charge in [-0.15, -0.1) is 11.3 Å². The van der Waals surface area contributed by atoms with Gasteiger partial charge < -0.3 is 0 Å². The zero-order chi connectivity index (χ0) is 17.8. The van der Waals surface area contributed by atoms with E-state index in [1.807, 2.05) is 62.4 Å². The van der Waals surface area contributed by atoms with Crippen molar-refractivity contribution in [2.75, 3.05) is 0 Å². The Balaban J connectivity index is 1.87. The third kappa shape index (κ3) is 4.37. The molecule has 5 heteroatoms. The van der Waals surface area contributed by atoms with Crippen molar-refractivity contribution >= 4 is 57.3 Å². The van der Waals surface area contributed by atoms with E-state index in [9.17, 15) is 0 Å². The summed E-state index contributed by atoms with van der Waals surface area (Å²) in [4.78, 5) is 11.4. The van der Waals surface area contributed by atoms with E-state index in [0.29, 0.717) is 10.0 Å². The first-order valence-electron chi connectivity index (χ1n) is 7.75. The van der Waals surface area contributed by atoms with Gasteiger partial charge in [0.15, 0.2) is 0 Å². The van der Waals surface area contributed by atoms with Gasteiger partial charge in [-0.1, -0.05) is 47.5 Å². The molecule has 0 spiro atoms. The average Bonchev–Trinajstić information content (AvgIpc) is 3.09. The number of para-hydroxylation sites is 2. The second-order valence-electron chi connectivity index (χ2n) is 5.46. The molecule has 0 atom stereocenters. The highest BCUT2D eigenvalue weighted by atomic mass is 35.5. The highest BCUT2D eigenvalue weighted by molar-refractivity contribution is 7.16. The van der Waals surface area contributed by atoms with Crippen LogP contribution in [0.15, 0.2) is 70.6 Å². The fraction of sp³-hybridized carbons (Fsp3) is 0.100. The fourth-order valence-corrected chi connectivity index (χ4v) is 3.53. The lowest BCUT2D eigenvalue weighted by Crippen LogP contribution is -1.90. The molecule has 0 N–H and O–H groups in total. The molecule has 0 bridgehead atoms. The minimum atomic E-state index is 0.648. The average molecular weight is 387 g/mol. The van der Waals surface area contributed by atoms with Gasteiger partial charge in [0.2, 0.25) is 0 Å². The summed E-state index contributed by atoms with van der Waals surface area (Å²) in [5, 5.41) is 1.30. The predicted molar refractivity (Wildman–Crippen MR) is 111 cm³/mol. The van der Waals surface area contributed by atoms with Crippen molar-refractivity contribution in [3.8, 4) is 0 Å². The maximum atomic E-state index is 6.18. The van der Waals surface area contributed by atoms with Gasteiger partial charge in [-0.25, -0.2) is 0 Å². The molecule has 3 aromatic rings. The molecule has 0 fully saturated rings. The van der Waals surface area contributed by atoms with Crippen molar-refractivity contribution in [2.45, 2.75) is 13.8 Å². The number of thiophene rings is 1. The maximum Gasteiger partial charge on any atom is 0.0819 e.